The van der Waals surface area contributed by atoms with Gasteiger partial charge in [-0.1, -0.05) is 77.1 Å². The van der Waals surface area contributed by atoms with Crippen LogP contribution in [0.1, 0.15) is 150 Å². The first-order chi connectivity index (χ1) is 39.4. The molecule has 1 aromatic carbocycles. The summed E-state index contributed by atoms with van der Waals surface area (Å²) in [6.45, 7) is 16.5. The number of piperidine rings is 1. The number of amides is 1. The number of aryl methyl sites for hydroxylation is 1. The fourth-order valence-corrected chi connectivity index (χ4v) is 12.5. The van der Waals surface area contributed by atoms with Crippen molar-refractivity contribution >= 4 is 35.2 Å². The van der Waals surface area contributed by atoms with Crippen LogP contribution in [0.4, 0.5) is 0 Å². The molecule has 0 aromatic heterocycles. The topological polar surface area (TPSA) is 229 Å². The highest BCUT2D eigenvalue weighted by molar-refractivity contribution is 6.39. The van der Waals surface area contributed by atoms with Crippen molar-refractivity contribution in [3.05, 3.63) is 76.9 Å². The third-order valence-electron chi connectivity index (χ3n) is 18.0. The van der Waals surface area contributed by atoms with E-state index in [2.05, 4.69) is 0 Å². The molecule has 3 saturated heterocycles. The van der Waals surface area contributed by atoms with Gasteiger partial charge in [0.05, 0.1) is 44.7 Å². The maximum Gasteiger partial charge on any atom is 0.329 e. The number of carbonyl (C=O) groups excluding carboxylic acids is 6. The molecule has 4 aliphatic heterocycles. The zero-order valence-corrected chi connectivity index (χ0v) is 51.4. The molecule has 1 aliphatic carbocycles. The summed E-state index contributed by atoms with van der Waals surface area (Å²) in [6, 6.07) is 4.45. The van der Waals surface area contributed by atoms with Crippen molar-refractivity contribution in [1.29, 1.82) is 0 Å². The fraction of sp³-hybridized carbons (Fsp3) is 0.692. The average molecular weight is 1160 g/mol. The summed E-state index contributed by atoms with van der Waals surface area (Å²) in [5.41, 5.74) is 1.81. The maximum absolute atomic E-state index is 14.7. The Kier molecular flexibility index (Phi) is 24.6. The van der Waals surface area contributed by atoms with E-state index in [0.717, 1.165) is 22.4 Å². The minimum atomic E-state index is -2.47. The number of carbonyl (C=O) groups is 6. The van der Waals surface area contributed by atoms with E-state index in [0.29, 0.717) is 64.2 Å². The van der Waals surface area contributed by atoms with Gasteiger partial charge in [-0.2, -0.15) is 0 Å². The highest BCUT2D eigenvalue weighted by atomic mass is 16.7. The molecule has 2 N–H and O–H groups in total. The summed E-state index contributed by atoms with van der Waals surface area (Å²) in [4.78, 5) is 87.0. The van der Waals surface area contributed by atoms with Gasteiger partial charge in [-0.3, -0.25) is 24.0 Å². The van der Waals surface area contributed by atoms with Gasteiger partial charge in [0.2, 0.25) is 5.79 Å². The van der Waals surface area contributed by atoms with Crippen LogP contribution in [-0.4, -0.2) is 153 Å². The van der Waals surface area contributed by atoms with E-state index >= 15 is 0 Å². The van der Waals surface area contributed by atoms with Crippen molar-refractivity contribution in [3.63, 3.8) is 0 Å². The lowest BCUT2D eigenvalue weighted by atomic mass is 9.78. The van der Waals surface area contributed by atoms with Crippen LogP contribution in [0.15, 0.2) is 65.8 Å². The van der Waals surface area contributed by atoms with Gasteiger partial charge >= 0.3 is 11.9 Å². The predicted octanol–water partition coefficient (Wildman–Crippen LogP) is 8.80. The van der Waals surface area contributed by atoms with Crippen LogP contribution in [0.25, 0.3) is 0 Å². The summed E-state index contributed by atoms with van der Waals surface area (Å²) >= 11 is 0. The molecule has 4 fully saturated rings. The summed E-state index contributed by atoms with van der Waals surface area (Å²) in [5.74, 6) is -8.19. The molecule has 18 nitrogen and oxygen atoms in total. The van der Waals surface area contributed by atoms with Crippen LogP contribution < -0.4 is 4.74 Å². The molecular weight excluding hydrogens is 1070 g/mol. The van der Waals surface area contributed by atoms with Gasteiger partial charge in [-0.05, 0) is 138 Å². The van der Waals surface area contributed by atoms with Gasteiger partial charge in [0.15, 0.2) is 17.9 Å². The van der Waals surface area contributed by atoms with Crippen LogP contribution in [0.2, 0.25) is 0 Å². The Hall–Kier alpha value is -4.92. The van der Waals surface area contributed by atoms with Gasteiger partial charge in [0.25, 0.3) is 11.7 Å². The summed E-state index contributed by atoms with van der Waals surface area (Å²) < 4.78 is 53.8. The molecular formula is C65H95NO17. The Balaban J connectivity index is 1.22. The first-order valence-electron chi connectivity index (χ1n) is 30.0. The SMILES string of the molecule is COc1ccc(C2OCC(C)(C(=O)OC3CCC(CC(C)C4CC(=O)/C(C)=C/C(C)C(O)C(OC)C(=O)C(C)CC(C)C=CC=CC=C(C)C(OC)CC5CCC(C)C(O)(O5)C(=O)C(=O)N5CCCCC5C(=O)O4)CC3OC)CO2)cc1C. The number of esters is 2. The number of aliphatic hydroxyl groups excluding tert-OH is 1. The van der Waals surface area contributed by atoms with E-state index < -0.39 is 114 Å². The number of benzene rings is 1. The normalized spacial score (nSPS) is 36.5. The molecule has 18 heteroatoms. The Morgan fingerprint density at radius 3 is 2.23 bits per heavy atom. The van der Waals surface area contributed by atoms with Crippen molar-refractivity contribution in [2.75, 3.05) is 48.2 Å². The second-order valence-corrected chi connectivity index (χ2v) is 24.7. The van der Waals surface area contributed by atoms with Crippen LogP contribution in [-0.2, 0) is 66.7 Å². The second kappa shape index (κ2) is 30.4. The number of nitrogens with zero attached hydrogens (tertiary/aromatic N) is 1. The maximum atomic E-state index is 14.7. The second-order valence-electron chi connectivity index (χ2n) is 24.7. The third kappa shape index (κ3) is 17.0. The number of ketones is 3. The lowest BCUT2D eigenvalue weighted by molar-refractivity contribution is -0.265. The molecule has 0 radical (unpaired) electrons. The number of rotatable bonds is 10. The molecule has 5 aliphatic rings. The Labute approximate surface area is 492 Å². The van der Waals surface area contributed by atoms with E-state index in [1.165, 1.54) is 12.0 Å². The van der Waals surface area contributed by atoms with Crippen molar-refractivity contribution < 1.29 is 81.6 Å². The monoisotopic (exact) mass is 1160 g/mol. The highest BCUT2D eigenvalue weighted by Gasteiger charge is 2.53. The predicted molar refractivity (Wildman–Crippen MR) is 309 cm³/mol. The quantitative estimate of drug-likeness (QED) is 0.165. The van der Waals surface area contributed by atoms with Crippen molar-refractivity contribution in [3.8, 4) is 5.75 Å². The van der Waals surface area contributed by atoms with Crippen LogP contribution >= 0.6 is 0 Å². The Bertz CT molecular complexity index is 2530. The lowest BCUT2D eigenvalue weighted by Crippen LogP contribution is -2.61. The van der Waals surface area contributed by atoms with E-state index in [9.17, 15) is 39.0 Å². The van der Waals surface area contributed by atoms with Crippen LogP contribution in [0.5, 0.6) is 5.75 Å². The number of Topliss-reactive ketones (excluding diaryl/α,β-unsaturated/α-hetero) is 3. The van der Waals surface area contributed by atoms with Gasteiger partial charge in [-0.25, -0.2) is 4.79 Å². The molecule has 1 aromatic rings. The summed E-state index contributed by atoms with van der Waals surface area (Å²) in [6.07, 6.45) is 9.61. The molecule has 1 amide bonds. The summed E-state index contributed by atoms with van der Waals surface area (Å²) in [7, 11) is 6.13. The smallest absolute Gasteiger partial charge is 0.329 e. The first kappa shape index (κ1) is 67.2. The zero-order valence-electron chi connectivity index (χ0n) is 51.4. The lowest BCUT2D eigenvalue weighted by Gasteiger charge is -2.42. The molecule has 2 bridgehead atoms. The molecule has 6 rings (SSSR count). The molecule has 1 saturated carbocycles. The fourth-order valence-electron chi connectivity index (χ4n) is 12.5. The molecule has 15 atom stereocenters. The standard InChI is InChI=1S/C65H95NO17/c1-38-19-15-14-16-20-39(2)53(76-11)34-48-25-22-45(8)65(74,83-48)59(70)60(71)66-28-18-17-21-49(66)61(72)81-54(35-50(67)40(3)30-44(7)57(69)58(78-13)56(68)43(6)29-38)41(4)31-46-23-26-52(55(33-46)77-12)82-63(73)64(9)36-79-62(80-37-64)47-24-27-51(75-10)42(5)32-47/h14-16,19-20,24,27,30,32,38,41,43-46,48-49,52-55,57-58,62,69,74H,17-18,21-23,25-26,28-29,31,33-37H2,1-13H3/b16-14?,19-15?,39-20?,40-30+. The number of hydrogen-bond donors (Lipinski definition) is 2. The highest BCUT2D eigenvalue weighted by Crippen LogP contribution is 2.40. The minimum absolute atomic E-state index is 0.00330. The van der Waals surface area contributed by atoms with E-state index in [1.807, 2.05) is 83.2 Å². The largest absolute Gasteiger partial charge is 0.496 e. The van der Waals surface area contributed by atoms with Gasteiger partial charge < -0.3 is 57.7 Å². The van der Waals surface area contributed by atoms with Gasteiger partial charge in [0, 0.05) is 64.0 Å². The van der Waals surface area contributed by atoms with E-state index in [1.54, 1.807) is 55.1 Å². The molecule has 0 spiro atoms. The number of cyclic esters (lactones) is 1. The number of allylic oxidation sites excluding steroid dienone is 6. The van der Waals surface area contributed by atoms with Crippen molar-refractivity contribution in [2.45, 2.75) is 200 Å². The van der Waals surface area contributed by atoms with Gasteiger partial charge in [-0.15, -0.1) is 0 Å². The van der Waals surface area contributed by atoms with Crippen molar-refractivity contribution in [1.82, 2.24) is 4.90 Å². The van der Waals surface area contributed by atoms with E-state index in [4.69, 9.17) is 42.6 Å². The molecule has 4 heterocycles. The average Bonchev–Trinajstić information content (AvgIpc) is 3.60. The number of aliphatic hydroxyl groups is 2. The van der Waals surface area contributed by atoms with Crippen molar-refractivity contribution in [2.24, 2.45) is 40.9 Å². The minimum Gasteiger partial charge on any atom is -0.496 e. The molecule has 15 unspecified atom stereocenters. The number of fused-ring (bicyclic) bond motifs is 3. The Morgan fingerprint density at radius 1 is 0.843 bits per heavy atom. The zero-order chi connectivity index (χ0) is 60.9. The Morgan fingerprint density at radius 2 is 1.57 bits per heavy atom. The summed E-state index contributed by atoms with van der Waals surface area (Å²) in [5, 5.41) is 23.7. The first-order valence-corrected chi connectivity index (χ1v) is 30.0. The molecule has 83 heavy (non-hydrogen) atoms. The number of hydrogen-bond acceptors (Lipinski definition) is 17. The number of ether oxygens (including phenoxy) is 9. The van der Waals surface area contributed by atoms with E-state index in [-0.39, 0.29) is 61.6 Å². The third-order valence-corrected chi connectivity index (χ3v) is 18.0. The molecule has 462 valence electrons. The van der Waals surface area contributed by atoms with Crippen LogP contribution in [0.3, 0.4) is 0 Å². The van der Waals surface area contributed by atoms with Crippen LogP contribution in [0, 0.1) is 47.8 Å². The van der Waals surface area contributed by atoms with Gasteiger partial charge in [0.1, 0.15) is 35.5 Å². The number of methoxy groups -OCH3 is 4.